The SMILES string of the molecule is CCc1ncnc(N2CCN(c3nc(C(F)F)cc(=O)[nH]3)CC2)c1F. The highest BCUT2D eigenvalue weighted by Gasteiger charge is 2.24. The average molecular weight is 354 g/mol. The molecule has 10 heteroatoms. The van der Waals surface area contributed by atoms with Gasteiger partial charge in [-0.1, -0.05) is 6.92 Å². The molecule has 1 aliphatic rings. The summed E-state index contributed by atoms with van der Waals surface area (Å²) in [6, 6.07) is 0.785. The number of aryl methyl sites for hydroxylation is 1. The van der Waals surface area contributed by atoms with Gasteiger partial charge in [-0.3, -0.25) is 9.78 Å². The molecular formula is C15H17F3N6O. The molecule has 1 fully saturated rings. The summed E-state index contributed by atoms with van der Waals surface area (Å²) in [5, 5.41) is 0. The van der Waals surface area contributed by atoms with E-state index in [1.807, 2.05) is 6.92 Å². The maximum Gasteiger partial charge on any atom is 0.280 e. The predicted octanol–water partition coefficient (Wildman–Crippen LogP) is 1.53. The standard InChI is InChI=1S/C15H17F3N6O/c1-2-9-12(16)14(20-8-19-9)23-3-5-24(6-4-23)15-21-10(13(17)18)7-11(25)22-15/h7-8,13H,2-6H2,1H3,(H,21,22,25). The van der Waals surface area contributed by atoms with Crippen molar-refractivity contribution in [3.63, 3.8) is 0 Å². The van der Waals surface area contributed by atoms with Crippen LogP contribution in [0.3, 0.4) is 0 Å². The molecule has 0 atom stereocenters. The number of anilines is 2. The Morgan fingerprint density at radius 1 is 1.20 bits per heavy atom. The molecule has 0 aliphatic carbocycles. The van der Waals surface area contributed by atoms with Crippen LogP contribution in [-0.4, -0.2) is 46.1 Å². The number of alkyl halides is 2. The first-order chi connectivity index (χ1) is 12.0. The summed E-state index contributed by atoms with van der Waals surface area (Å²) in [4.78, 5) is 29.2. The molecule has 0 bridgehead atoms. The maximum atomic E-state index is 14.3. The number of halogens is 3. The minimum Gasteiger partial charge on any atom is -0.351 e. The molecule has 0 unspecified atom stereocenters. The van der Waals surface area contributed by atoms with Gasteiger partial charge in [0.05, 0.1) is 5.69 Å². The third-order valence-corrected chi connectivity index (χ3v) is 4.03. The van der Waals surface area contributed by atoms with E-state index in [0.717, 1.165) is 6.07 Å². The lowest BCUT2D eigenvalue weighted by Crippen LogP contribution is -2.48. The molecule has 0 saturated carbocycles. The molecule has 0 aromatic carbocycles. The van der Waals surface area contributed by atoms with Crippen molar-refractivity contribution in [1.29, 1.82) is 0 Å². The Kier molecular flexibility index (Phi) is 4.86. The third-order valence-electron chi connectivity index (χ3n) is 4.03. The second-order valence-electron chi connectivity index (χ2n) is 5.58. The van der Waals surface area contributed by atoms with E-state index >= 15 is 0 Å². The molecule has 1 aliphatic heterocycles. The minimum absolute atomic E-state index is 0.0971. The number of H-pyrrole nitrogens is 1. The maximum absolute atomic E-state index is 14.3. The smallest absolute Gasteiger partial charge is 0.280 e. The number of aromatic amines is 1. The van der Waals surface area contributed by atoms with E-state index in [0.29, 0.717) is 38.3 Å². The van der Waals surface area contributed by atoms with E-state index in [4.69, 9.17) is 0 Å². The number of piperazine rings is 1. The van der Waals surface area contributed by atoms with Crippen molar-refractivity contribution in [2.24, 2.45) is 0 Å². The summed E-state index contributed by atoms with van der Waals surface area (Å²) in [6.45, 7) is 3.42. The van der Waals surface area contributed by atoms with Crippen molar-refractivity contribution in [3.05, 3.63) is 40.0 Å². The van der Waals surface area contributed by atoms with Gasteiger partial charge in [0.2, 0.25) is 5.95 Å². The van der Waals surface area contributed by atoms with E-state index in [1.165, 1.54) is 6.33 Å². The van der Waals surface area contributed by atoms with Gasteiger partial charge in [0.15, 0.2) is 11.6 Å². The summed E-state index contributed by atoms with van der Waals surface area (Å²) in [7, 11) is 0. The molecule has 134 valence electrons. The molecule has 0 amide bonds. The van der Waals surface area contributed by atoms with Crippen LogP contribution in [0.1, 0.15) is 24.7 Å². The number of hydrogen-bond donors (Lipinski definition) is 1. The molecule has 2 aromatic heterocycles. The normalized spacial score (nSPS) is 15.1. The number of nitrogens with zero attached hydrogens (tertiary/aromatic N) is 5. The van der Waals surface area contributed by atoms with Crippen molar-refractivity contribution < 1.29 is 13.2 Å². The van der Waals surface area contributed by atoms with Crippen LogP contribution in [0.2, 0.25) is 0 Å². The molecular weight excluding hydrogens is 337 g/mol. The zero-order chi connectivity index (χ0) is 18.0. The van der Waals surface area contributed by atoms with Gasteiger partial charge in [-0.05, 0) is 6.42 Å². The van der Waals surface area contributed by atoms with E-state index < -0.39 is 23.5 Å². The number of aromatic nitrogens is 4. The van der Waals surface area contributed by atoms with Crippen LogP contribution in [0.25, 0.3) is 0 Å². The van der Waals surface area contributed by atoms with Crippen molar-refractivity contribution in [2.45, 2.75) is 19.8 Å². The Hall–Kier alpha value is -2.65. The van der Waals surface area contributed by atoms with Crippen molar-refractivity contribution in [1.82, 2.24) is 19.9 Å². The first-order valence-corrected chi connectivity index (χ1v) is 7.88. The molecule has 3 heterocycles. The van der Waals surface area contributed by atoms with Crippen LogP contribution >= 0.6 is 0 Å². The van der Waals surface area contributed by atoms with Gasteiger partial charge >= 0.3 is 0 Å². The summed E-state index contributed by atoms with van der Waals surface area (Å²) in [6.07, 6.45) is -1.02. The zero-order valence-corrected chi connectivity index (χ0v) is 13.5. The van der Waals surface area contributed by atoms with Crippen molar-refractivity contribution in [2.75, 3.05) is 36.0 Å². The van der Waals surface area contributed by atoms with Gasteiger partial charge in [0.25, 0.3) is 12.0 Å². The lowest BCUT2D eigenvalue weighted by atomic mass is 10.2. The predicted molar refractivity (Wildman–Crippen MR) is 85.6 cm³/mol. The van der Waals surface area contributed by atoms with Crippen LogP contribution in [0.15, 0.2) is 17.2 Å². The van der Waals surface area contributed by atoms with Gasteiger partial charge in [0, 0.05) is 32.2 Å². The first-order valence-electron chi connectivity index (χ1n) is 7.88. The van der Waals surface area contributed by atoms with E-state index in [-0.39, 0.29) is 11.8 Å². The Balaban J connectivity index is 1.75. The average Bonchev–Trinajstić information content (AvgIpc) is 2.61. The Morgan fingerprint density at radius 2 is 1.88 bits per heavy atom. The highest BCUT2D eigenvalue weighted by atomic mass is 19.3. The Bertz CT molecular complexity index is 804. The molecule has 3 rings (SSSR count). The van der Waals surface area contributed by atoms with Gasteiger partial charge < -0.3 is 9.80 Å². The molecule has 1 N–H and O–H groups in total. The van der Waals surface area contributed by atoms with Gasteiger partial charge in [-0.25, -0.2) is 28.1 Å². The summed E-state index contributed by atoms with van der Waals surface area (Å²) >= 11 is 0. The van der Waals surface area contributed by atoms with Crippen LogP contribution < -0.4 is 15.4 Å². The fourth-order valence-corrected chi connectivity index (χ4v) is 2.72. The van der Waals surface area contributed by atoms with Crippen LogP contribution in [0, 0.1) is 5.82 Å². The summed E-state index contributed by atoms with van der Waals surface area (Å²) in [5.41, 5.74) is -0.837. The second-order valence-corrected chi connectivity index (χ2v) is 5.58. The molecule has 7 nitrogen and oxygen atoms in total. The van der Waals surface area contributed by atoms with E-state index in [9.17, 15) is 18.0 Å². The van der Waals surface area contributed by atoms with Crippen molar-refractivity contribution in [3.8, 4) is 0 Å². The first kappa shape index (κ1) is 17.2. The topological polar surface area (TPSA) is 78.0 Å². The molecule has 2 aromatic rings. The van der Waals surface area contributed by atoms with Gasteiger partial charge in [0.1, 0.15) is 12.0 Å². The summed E-state index contributed by atoms with van der Waals surface area (Å²) in [5.74, 6) is -0.112. The number of rotatable bonds is 4. The van der Waals surface area contributed by atoms with E-state index in [1.54, 1.807) is 9.80 Å². The van der Waals surface area contributed by atoms with Crippen LogP contribution in [-0.2, 0) is 6.42 Å². The number of hydrogen-bond acceptors (Lipinski definition) is 6. The summed E-state index contributed by atoms with van der Waals surface area (Å²) < 4.78 is 39.9. The van der Waals surface area contributed by atoms with Gasteiger partial charge in [-0.15, -0.1) is 0 Å². The molecule has 1 saturated heterocycles. The van der Waals surface area contributed by atoms with Gasteiger partial charge in [-0.2, -0.15) is 0 Å². The Morgan fingerprint density at radius 3 is 2.52 bits per heavy atom. The second kappa shape index (κ2) is 7.08. The molecule has 25 heavy (non-hydrogen) atoms. The highest BCUT2D eigenvalue weighted by molar-refractivity contribution is 5.44. The lowest BCUT2D eigenvalue weighted by Gasteiger charge is -2.35. The van der Waals surface area contributed by atoms with Crippen molar-refractivity contribution >= 4 is 11.8 Å². The monoisotopic (exact) mass is 354 g/mol. The molecule has 0 spiro atoms. The Labute approximate surface area is 141 Å². The third kappa shape index (κ3) is 3.57. The fourth-order valence-electron chi connectivity index (χ4n) is 2.72. The van der Waals surface area contributed by atoms with Crippen LogP contribution in [0.5, 0.6) is 0 Å². The minimum atomic E-state index is -2.81. The van der Waals surface area contributed by atoms with E-state index in [2.05, 4.69) is 19.9 Å². The molecule has 0 radical (unpaired) electrons. The van der Waals surface area contributed by atoms with Crippen LogP contribution in [0.4, 0.5) is 24.9 Å². The fraction of sp³-hybridized carbons (Fsp3) is 0.467. The highest BCUT2D eigenvalue weighted by Crippen LogP contribution is 2.22. The quantitative estimate of drug-likeness (QED) is 0.897. The lowest BCUT2D eigenvalue weighted by molar-refractivity contribution is 0.146. The number of nitrogens with one attached hydrogen (secondary N) is 1. The largest absolute Gasteiger partial charge is 0.351 e. The zero-order valence-electron chi connectivity index (χ0n) is 13.5.